The molecule has 1 fully saturated rings. The molecule has 0 amide bonds. The lowest BCUT2D eigenvalue weighted by Crippen LogP contribution is -2.29. The quantitative estimate of drug-likeness (QED) is 0.819. The molecule has 2 heterocycles. The van der Waals surface area contributed by atoms with Gasteiger partial charge in [0.05, 0.1) is 11.3 Å². The normalized spacial score (nSPS) is 15.7. The number of nitrogens with one attached hydrogen (secondary N) is 2. The van der Waals surface area contributed by atoms with Crippen molar-refractivity contribution in [1.29, 1.82) is 0 Å². The van der Waals surface area contributed by atoms with Crippen molar-refractivity contribution in [1.82, 2.24) is 15.3 Å². The Morgan fingerprint density at radius 1 is 1.36 bits per heavy atom. The average Bonchev–Trinajstić information content (AvgIpc) is 2.45. The number of H-pyrrole nitrogens is 1. The second-order valence-electron chi connectivity index (χ2n) is 5.05. The third-order valence-electron chi connectivity index (χ3n) is 3.52. The molecule has 8 heteroatoms. The van der Waals surface area contributed by atoms with E-state index >= 15 is 0 Å². The number of fused-ring (bicyclic) bond motifs is 1. The van der Waals surface area contributed by atoms with Crippen LogP contribution in [0.5, 0.6) is 0 Å². The molecule has 2 N–H and O–H groups in total. The molecule has 120 valence electrons. The molecule has 0 atom stereocenters. The summed E-state index contributed by atoms with van der Waals surface area (Å²) in [6.45, 7) is 2.08. The Balaban J connectivity index is 0.00000176. The first-order chi connectivity index (χ1) is 10.1. The second-order valence-corrected chi connectivity index (χ2v) is 7.26. The first-order valence-electron chi connectivity index (χ1n) is 6.84. The molecule has 1 saturated heterocycles. The van der Waals surface area contributed by atoms with Crippen LogP contribution in [0.1, 0.15) is 18.7 Å². The minimum atomic E-state index is -0.550. The van der Waals surface area contributed by atoms with Crippen LogP contribution in [0.3, 0.4) is 0 Å². The van der Waals surface area contributed by atoms with Crippen molar-refractivity contribution in [2.75, 3.05) is 13.1 Å². The average molecular weight is 409 g/mol. The highest BCUT2D eigenvalue weighted by atomic mass is 79.9. The fourth-order valence-electron chi connectivity index (χ4n) is 2.47. The summed E-state index contributed by atoms with van der Waals surface area (Å²) < 4.78 is 14.4. The van der Waals surface area contributed by atoms with E-state index in [-0.39, 0.29) is 17.8 Å². The van der Waals surface area contributed by atoms with Crippen LogP contribution in [0.2, 0.25) is 0 Å². The van der Waals surface area contributed by atoms with Gasteiger partial charge in [-0.05, 0) is 38.1 Å². The molecule has 0 unspecified atom stereocenters. The van der Waals surface area contributed by atoms with Gasteiger partial charge in [0.1, 0.15) is 17.0 Å². The second kappa shape index (κ2) is 7.77. The minimum absolute atomic E-state index is 0. The van der Waals surface area contributed by atoms with Crippen LogP contribution >= 0.6 is 40.1 Å². The van der Waals surface area contributed by atoms with Crippen molar-refractivity contribution in [3.63, 3.8) is 0 Å². The van der Waals surface area contributed by atoms with E-state index in [9.17, 15) is 9.18 Å². The summed E-state index contributed by atoms with van der Waals surface area (Å²) in [6.07, 6.45) is 2.26. The van der Waals surface area contributed by atoms with E-state index in [1.54, 1.807) is 17.8 Å². The molecule has 0 saturated carbocycles. The molecular weight excluding hydrogens is 393 g/mol. The highest BCUT2D eigenvalue weighted by Gasteiger charge is 2.15. The summed E-state index contributed by atoms with van der Waals surface area (Å²) in [5.74, 6) is 0.698. The van der Waals surface area contributed by atoms with Gasteiger partial charge in [-0.25, -0.2) is 9.37 Å². The standard InChI is InChI=1S/C14H15BrFN3OS.ClH/c15-8-5-10(16)13-11(6-8)18-12(19-14(13)20)7-21-9-1-3-17-4-2-9;/h5-6,9,17H,1-4,7H2,(H,18,19,20);1H. The fraction of sp³-hybridized carbons (Fsp3) is 0.429. The summed E-state index contributed by atoms with van der Waals surface area (Å²) in [7, 11) is 0. The number of rotatable bonds is 3. The highest BCUT2D eigenvalue weighted by molar-refractivity contribution is 9.10. The van der Waals surface area contributed by atoms with Crippen LogP contribution in [0.15, 0.2) is 21.4 Å². The zero-order valence-corrected chi connectivity index (χ0v) is 14.9. The Hall–Kier alpha value is -0.630. The van der Waals surface area contributed by atoms with E-state index in [1.807, 2.05) is 0 Å². The van der Waals surface area contributed by atoms with Gasteiger partial charge in [0.2, 0.25) is 0 Å². The number of hydrogen-bond donors (Lipinski definition) is 2. The van der Waals surface area contributed by atoms with Gasteiger partial charge in [-0.3, -0.25) is 4.79 Å². The maximum Gasteiger partial charge on any atom is 0.261 e. The number of benzene rings is 1. The summed E-state index contributed by atoms with van der Waals surface area (Å²) in [5.41, 5.74) is -0.0163. The topological polar surface area (TPSA) is 57.8 Å². The number of halogens is 3. The third-order valence-corrected chi connectivity index (χ3v) is 5.36. The number of aromatic nitrogens is 2. The van der Waals surface area contributed by atoms with Crippen LogP contribution < -0.4 is 10.9 Å². The zero-order chi connectivity index (χ0) is 14.8. The number of nitrogens with zero attached hydrogens (tertiary/aromatic N) is 1. The summed E-state index contributed by atoms with van der Waals surface area (Å²) >= 11 is 5.03. The van der Waals surface area contributed by atoms with E-state index < -0.39 is 11.4 Å². The lowest BCUT2D eigenvalue weighted by molar-refractivity contribution is 0.531. The number of aromatic amines is 1. The van der Waals surface area contributed by atoms with Crippen LogP contribution in [0.25, 0.3) is 10.9 Å². The van der Waals surface area contributed by atoms with Gasteiger partial charge in [0.25, 0.3) is 5.56 Å². The molecule has 1 aliphatic heterocycles. The molecule has 0 aliphatic carbocycles. The van der Waals surface area contributed by atoms with Gasteiger partial charge in [-0.2, -0.15) is 11.8 Å². The van der Waals surface area contributed by atoms with E-state index in [2.05, 4.69) is 31.2 Å². The monoisotopic (exact) mass is 407 g/mol. The fourth-order valence-corrected chi connectivity index (χ4v) is 3.98. The van der Waals surface area contributed by atoms with E-state index in [4.69, 9.17) is 0 Å². The highest BCUT2D eigenvalue weighted by Crippen LogP contribution is 2.24. The van der Waals surface area contributed by atoms with Gasteiger partial charge in [0, 0.05) is 9.72 Å². The Kier molecular flexibility index (Phi) is 6.26. The van der Waals surface area contributed by atoms with Crippen LogP contribution in [-0.2, 0) is 5.75 Å². The van der Waals surface area contributed by atoms with Crippen molar-refractivity contribution in [3.05, 3.63) is 38.6 Å². The Morgan fingerprint density at radius 2 is 2.09 bits per heavy atom. The zero-order valence-electron chi connectivity index (χ0n) is 11.7. The molecule has 1 aliphatic rings. The van der Waals surface area contributed by atoms with Crippen LogP contribution in [0, 0.1) is 5.82 Å². The summed E-state index contributed by atoms with van der Waals surface area (Å²) in [6, 6.07) is 2.95. The van der Waals surface area contributed by atoms with Crippen LogP contribution in [-0.4, -0.2) is 28.3 Å². The van der Waals surface area contributed by atoms with Gasteiger partial charge in [-0.1, -0.05) is 15.9 Å². The molecule has 2 aromatic rings. The van der Waals surface area contributed by atoms with Gasteiger partial charge in [-0.15, -0.1) is 12.4 Å². The number of piperidine rings is 1. The molecule has 22 heavy (non-hydrogen) atoms. The van der Waals surface area contributed by atoms with Crippen molar-refractivity contribution < 1.29 is 4.39 Å². The van der Waals surface area contributed by atoms with Gasteiger partial charge in [0.15, 0.2) is 0 Å². The molecule has 0 radical (unpaired) electrons. The maximum absolute atomic E-state index is 13.8. The summed E-state index contributed by atoms with van der Waals surface area (Å²) in [4.78, 5) is 19.1. The molecular formula is C14H16BrClFN3OS. The molecule has 1 aromatic carbocycles. The van der Waals surface area contributed by atoms with E-state index in [0.717, 1.165) is 25.9 Å². The molecule has 0 spiro atoms. The van der Waals surface area contributed by atoms with E-state index in [1.165, 1.54) is 6.07 Å². The van der Waals surface area contributed by atoms with Crippen molar-refractivity contribution >= 4 is 51.0 Å². The van der Waals surface area contributed by atoms with E-state index in [0.29, 0.717) is 26.8 Å². The Labute approximate surface area is 146 Å². The predicted octanol–water partition coefficient (Wildman–Crippen LogP) is 3.23. The van der Waals surface area contributed by atoms with Crippen molar-refractivity contribution in [3.8, 4) is 0 Å². The molecule has 0 bridgehead atoms. The molecule has 4 nitrogen and oxygen atoms in total. The maximum atomic E-state index is 13.8. The smallest absolute Gasteiger partial charge is 0.261 e. The Morgan fingerprint density at radius 3 is 2.82 bits per heavy atom. The van der Waals surface area contributed by atoms with Gasteiger partial charge >= 0.3 is 0 Å². The van der Waals surface area contributed by atoms with Crippen molar-refractivity contribution in [2.24, 2.45) is 0 Å². The first-order valence-corrected chi connectivity index (χ1v) is 8.68. The third kappa shape index (κ3) is 4.01. The predicted molar refractivity (Wildman–Crippen MR) is 94.5 cm³/mol. The van der Waals surface area contributed by atoms with Crippen molar-refractivity contribution in [2.45, 2.75) is 23.8 Å². The number of hydrogen-bond acceptors (Lipinski definition) is 4. The first kappa shape index (κ1) is 17.7. The largest absolute Gasteiger partial charge is 0.317 e. The summed E-state index contributed by atoms with van der Waals surface area (Å²) in [5, 5.41) is 3.94. The number of thioether (sulfide) groups is 1. The van der Waals surface area contributed by atoms with Crippen LogP contribution in [0.4, 0.5) is 4.39 Å². The SMILES string of the molecule is Cl.O=c1[nH]c(CSC2CCNCC2)nc2cc(Br)cc(F)c12. The van der Waals surface area contributed by atoms with Gasteiger partial charge < -0.3 is 10.3 Å². The lowest BCUT2D eigenvalue weighted by Gasteiger charge is -2.21. The molecule has 1 aromatic heterocycles. The Bertz CT molecular complexity index is 721. The molecule has 3 rings (SSSR count). The minimum Gasteiger partial charge on any atom is -0.317 e. The lowest BCUT2D eigenvalue weighted by atomic mass is 10.2.